The van der Waals surface area contributed by atoms with E-state index < -0.39 is 10.0 Å². The second-order valence-corrected chi connectivity index (χ2v) is 7.61. The van der Waals surface area contributed by atoms with Crippen molar-refractivity contribution < 1.29 is 8.42 Å². The van der Waals surface area contributed by atoms with Crippen LogP contribution in [-0.2, 0) is 16.6 Å². The van der Waals surface area contributed by atoms with Gasteiger partial charge in [0.05, 0.1) is 4.90 Å². The smallest absolute Gasteiger partial charge is 0.238 e. The van der Waals surface area contributed by atoms with Crippen molar-refractivity contribution >= 4 is 46.2 Å². The van der Waals surface area contributed by atoms with E-state index in [0.717, 1.165) is 44.1 Å². The Balaban J connectivity index is 0.00000169. The fourth-order valence-corrected chi connectivity index (χ4v) is 3.48. The predicted octanol–water partition coefficient (Wildman–Crippen LogP) is 2.08. The number of anilines is 2. The summed E-state index contributed by atoms with van der Waals surface area (Å²) in [5.41, 5.74) is 8.86. The molecule has 6 nitrogen and oxygen atoms in total. The Kier molecular flexibility index (Phi) is 8.17. The molecule has 0 aliphatic carbocycles. The maximum atomic E-state index is 11.3. The molecule has 0 spiro atoms. The number of nitrogens with two attached hydrogens (primary N) is 2. The van der Waals surface area contributed by atoms with Crippen LogP contribution in [0.25, 0.3) is 0 Å². The van der Waals surface area contributed by atoms with Gasteiger partial charge in [0.1, 0.15) is 0 Å². The Hall–Kier alpha value is -1.51. The number of benzene rings is 2. The van der Waals surface area contributed by atoms with E-state index in [0.29, 0.717) is 0 Å². The van der Waals surface area contributed by atoms with Crippen LogP contribution in [0, 0.1) is 0 Å². The van der Waals surface area contributed by atoms with Gasteiger partial charge in [-0.3, -0.25) is 4.90 Å². The number of hydrogen-bond donors (Lipinski definition) is 2. The van der Waals surface area contributed by atoms with Crippen LogP contribution in [0.5, 0.6) is 0 Å². The monoisotopic (exact) mass is 418 g/mol. The Bertz CT molecular complexity index is 808. The lowest BCUT2D eigenvalue weighted by atomic mass is 10.1. The highest BCUT2D eigenvalue weighted by molar-refractivity contribution is 7.89. The van der Waals surface area contributed by atoms with E-state index in [4.69, 9.17) is 10.9 Å². The summed E-state index contributed by atoms with van der Waals surface area (Å²) >= 11 is 0. The molecule has 0 atom stereocenters. The maximum Gasteiger partial charge on any atom is 0.238 e. The van der Waals surface area contributed by atoms with Crippen molar-refractivity contribution in [2.75, 3.05) is 36.8 Å². The fourth-order valence-electron chi connectivity index (χ4n) is 2.96. The van der Waals surface area contributed by atoms with Gasteiger partial charge < -0.3 is 10.6 Å². The van der Waals surface area contributed by atoms with Crippen molar-refractivity contribution in [3.8, 4) is 0 Å². The molecule has 0 saturated carbocycles. The zero-order valence-electron chi connectivity index (χ0n) is 14.2. The Morgan fingerprint density at radius 3 is 2.08 bits per heavy atom. The van der Waals surface area contributed by atoms with Crippen LogP contribution in [0.2, 0.25) is 0 Å². The predicted molar refractivity (Wildman–Crippen MR) is 111 cm³/mol. The minimum absolute atomic E-state index is 0. The number of primary sulfonamides is 1. The number of piperazine rings is 1. The van der Waals surface area contributed by atoms with Gasteiger partial charge in [0, 0.05) is 44.1 Å². The summed E-state index contributed by atoms with van der Waals surface area (Å²) in [5.74, 6) is 0. The topological polar surface area (TPSA) is 92.7 Å². The highest BCUT2D eigenvalue weighted by atomic mass is 35.5. The lowest BCUT2D eigenvalue weighted by molar-refractivity contribution is 0.250. The first kappa shape index (κ1) is 22.5. The van der Waals surface area contributed by atoms with Gasteiger partial charge in [-0.15, -0.1) is 24.8 Å². The van der Waals surface area contributed by atoms with Gasteiger partial charge in [-0.05, 0) is 42.0 Å². The SMILES string of the molecule is Cl.Cl.Nc1cccc(CN2CCN(c3ccc(S(N)(=O)=O)cc3)CC2)c1. The third-order valence-electron chi connectivity index (χ3n) is 4.26. The Labute approximate surface area is 167 Å². The van der Waals surface area contributed by atoms with Gasteiger partial charge in [-0.2, -0.15) is 0 Å². The molecular formula is C17H24Cl2N4O2S. The van der Waals surface area contributed by atoms with Crippen LogP contribution >= 0.6 is 24.8 Å². The fraction of sp³-hybridized carbons (Fsp3) is 0.294. The van der Waals surface area contributed by atoms with E-state index in [1.165, 1.54) is 5.56 Å². The molecule has 0 amide bonds. The third-order valence-corrected chi connectivity index (χ3v) is 5.19. The van der Waals surface area contributed by atoms with Gasteiger partial charge in [0.2, 0.25) is 10.0 Å². The molecule has 1 aliphatic heterocycles. The first-order chi connectivity index (χ1) is 11.4. The Morgan fingerprint density at radius 1 is 0.923 bits per heavy atom. The molecule has 2 aromatic rings. The average Bonchev–Trinajstić information content (AvgIpc) is 2.55. The van der Waals surface area contributed by atoms with Gasteiger partial charge in [-0.1, -0.05) is 12.1 Å². The van der Waals surface area contributed by atoms with Crippen molar-refractivity contribution in [1.82, 2.24) is 4.90 Å². The number of nitrogen functional groups attached to an aromatic ring is 1. The molecule has 4 N–H and O–H groups in total. The van der Waals surface area contributed by atoms with E-state index in [1.54, 1.807) is 12.1 Å². The van der Waals surface area contributed by atoms with Crippen LogP contribution in [-0.4, -0.2) is 39.5 Å². The van der Waals surface area contributed by atoms with E-state index in [2.05, 4.69) is 15.9 Å². The highest BCUT2D eigenvalue weighted by Gasteiger charge is 2.18. The summed E-state index contributed by atoms with van der Waals surface area (Å²) in [4.78, 5) is 4.79. The number of halogens is 2. The number of nitrogens with zero attached hydrogens (tertiary/aromatic N) is 2. The minimum Gasteiger partial charge on any atom is -0.399 e. The zero-order valence-corrected chi connectivity index (χ0v) is 16.7. The normalized spacial score (nSPS) is 15.0. The van der Waals surface area contributed by atoms with E-state index in [-0.39, 0.29) is 29.7 Å². The quantitative estimate of drug-likeness (QED) is 0.741. The van der Waals surface area contributed by atoms with Crippen LogP contribution in [0.15, 0.2) is 53.4 Å². The van der Waals surface area contributed by atoms with Crippen molar-refractivity contribution in [1.29, 1.82) is 0 Å². The zero-order chi connectivity index (χ0) is 17.2. The molecule has 2 aromatic carbocycles. The Morgan fingerprint density at radius 2 is 1.54 bits per heavy atom. The van der Waals surface area contributed by atoms with Crippen molar-refractivity contribution in [3.05, 3.63) is 54.1 Å². The molecule has 1 heterocycles. The number of rotatable bonds is 4. The standard InChI is InChI=1S/C17H22N4O2S.2ClH/c18-15-3-1-2-14(12-15)13-20-8-10-21(11-9-20)16-4-6-17(7-5-16)24(19,22)23;;/h1-7,12H,8-11,13,18H2,(H2,19,22,23);2*1H. The molecule has 0 aromatic heterocycles. The first-order valence-electron chi connectivity index (χ1n) is 7.86. The van der Waals surface area contributed by atoms with Gasteiger partial charge >= 0.3 is 0 Å². The molecule has 1 saturated heterocycles. The second kappa shape index (κ2) is 9.43. The molecule has 0 radical (unpaired) electrons. The molecule has 1 fully saturated rings. The third kappa shape index (κ3) is 5.75. The van der Waals surface area contributed by atoms with Gasteiger partial charge in [0.25, 0.3) is 0 Å². The van der Waals surface area contributed by atoms with Crippen molar-refractivity contribution in [3.63, 3.8) is 0 Å². The van der Waals surface area contributed by atoms with E-state index >= 15 is 0 Å². The maximum absolute atomic E-state index is 11.3. The van der Waals surface area contributed by atoms with Crippen molar-refractivity contribution in [2.45, 2.75) is 11.4 Å². The summed E-state index contributed by atoms with van der Waals surface area (Å²) in [6, 6.07) is 14.7. The van der Waals surface area contributed by atoms with Crippen LogP contribution in [0.4, 0.5) is 11.4 Å². The molecule has 0 bridgehead atoms. The lowest BCUT2D eigenvalue weighted by Crippen LogP contribution is -2.45. The van der Waals surface area contributed by atoms with Crippen LogP contribution in [0.1, 0.15) is 5.56 Å². The van der Waals surface area contributed by atoms with Gasteiger partial charge in [-0.25, -0.2) is 13.6 Å². The molecule has 9 heteroatoms. The molecule has 1 aliphatic rings. The summed E-state index contributed by atoms with van der Waals surface area (Å²) in [7, 11) is -3.63. The average molecular weight is 419 g/mol. The van der Waals surface area contributed by atoms with Crippen molar-refractivity contribution in [2.24, 2.45) is 5.14 Å². The number of hydrogen-bond acceptors (Lipinski definition) is 5. The highest BCUT2D eigenvalue weighted by Crippen LogP contribution is 2.20. The second-order valence-electron chi connectivity index (χ2n) is 6.05. The molecule has 26 heavy (non-hydrogen) atoms. The molecule has 3 rings (SSSR count). The summed E-state index contributed by atoms with van der Waals surface area (Å²) in [6.07, 6.45) is 0. The van der Waals surface area contributed by atoms with Gasteiger partial charge in [0.15, 0.2) is 0 Å². The summed E-state index contributed by atoms with van der Waals surface area (Å²) < 4.78 is 22.6. The molecule has 0 unspecified atom stereocenters. The summed E-state index contributed by atoms with van der Waals surface area (Å²) in [6.45, 7) is 4.59. The van der Waals surface area contributed by atoms with E-state index in [9.17, 15) is 8.42 Å². The number of sulfonamides is 1. The van der Waals surface area contributed by atoms with Crippen LogP contribution in [0.3, 0.4) is 0 Å². The molecular weight excluding hydrogens is 395 g/mol. The summed E-state index contributed by atoms with van der Waals surface area (Å²) in [5, 5.41) is 5.13. The minimum atomic E-state index is -3.63. The molecule has 144 valence electrons. The first-order valence-corrected chi connectivity index (χ1v) is 9.41. The largest absolute Gasteiger partial charge is 0.399 e. The lowest BCUT2D eigenvalue weighted by Gasteiger charge is -2.36. The van der Waals surface area contributed by atoms with E-state index in [1.807, 2.05) is 30.3 Å². The van der Waals surface area contributed by atoms with Crippen LogP contribution < -0.4 is 15.8 Å².